The van der Waals surface area contributed by atoms with Crippen molar-refractivity contribution in [3.8, 4) is 17.3 Å². The first kappa shape index (κ1) is 21.3. The first-order chi connectivity index (χ1) is 15.9. The van der Waals surface area contributed by atoms with Gasteiger partial charge in [-0.25, -0.2) is 0 Å². The lowest BCUT2D eigenvalue weighted by Gasteiger charge is -2.43. The number of nitrogens with zero attached hydrogens (tertiary/aromatic N) is 3. The highest BCUT2D eigenvalue weighted by Crippen LogP contribution is 2.39. The Morgan fingerprint density at radius 3 is 2.64 bits per heavy atom. The lowest BCUT2D eigenvalue weighted by molar-refractivity contribution is -0.132. The zero-order chi connectivity index (χ0) is 23.0. The molecule has 33 heavy (non-hydrogen) atoms. The van der Waals surface area contributed by atoms with Crippen molar-refractivity contribution < 1.29 is 23.3 Å². The predicted molar refractivity (Wildman–Crippen MR) is 119 cm³/mol. The van der Waals surface area contributed by atoms with Crippen LogP contribution in [0.1, 0.15) is 48.7 Å². The molecule has 0 saturated heterocycles. The smallest absolute Gasteiger partial charge is 0.276 e. The van der Waals surface area contributed by atoms with Crippen LogP contribution in [0, 0.1) is 0 Å². The highest BCUT2D eigenvalue weighted by atomic mass is 16.5. The van der Waals surface area contributed by atoms with E-state index >= 15 is 0 Å². The monoisotopic (exact) mass is 449 g/mol. The lowest BCUT2D eigenvalue weighted by Crippen LogP contribution is -2.52. The van der Waals surface area contributed by atoms with Crippen molar-refractivity contribution in [2.45, 2.75) is 50.8 Å². The molecule has 2 aliphatic rings. The van der Waals surface area contributed by atoms with Crippen LogP contribution < -0.4 is 4.74 Å². The molecule has 1 spiro atoms. The van der Waals surface area contributed by atoms with Crippen LogP contribution in [0.4, 0.5) is 0 Å². The molecule has 2 aromatic heterocycles. The number of rotatable bonds is 3. The minimum absolute atomic E-state index is 0.0440. The second kappa shape index (κ2) is 8.42. The van der Waals surface area contributed by atoms with E-state index in [-0.39, 0.29) is 23.6 Å². The van der Waals surface area contributed by atoms with E-state index in [1.54, 1.807) is 43.3 Å². The number of hydrogen-bond donors (Lipinski definition) is 0. The number of carbonyl (C=O) groups is 2. The van der Waals surface area contributed by atoms with Gasteiger partial charge in [0.15, 0.2) is 11.5 Å². The molecule has 0 bridgehead atoms. The Balaban J connectivity index is 1.29. The molecular weight excluding hydrogens is 422 g/mol. The first-order valence-electron chi connectivity index (χ1n) is 11.2. The molecule has 8 nitrogen and oxygen atoms in total. The van der Waals surface area contributed by atoms with Crippen molar-refractivity contribution in [1.82, 2.24) is 15.0 Å². The second-order valence-corrected chi connectivity index (χ2v) is 8.97. The van der Waals surface area contributed by atoms with Gasteiger partial charge in [0, 0.05) is 38.2 Å². The Bertz CT molecular complexity index is 1140. The standard InChI is InChI=1S/C25H27N3O5/c1-17(29)28-15-18-6-3-4-7-21(18)32-25(16-28)11-9-19(10-12-25)27(2)24(30)20-14-23(33-26-20)22-8-5-13-31-22/h3-8,13-14,19H,9-12,15-16H2,1-2H3. The van der Waals surface area contributed by atoms with E-state index < -0.39 is 5.60 Å². The van der Waals surface area contributed by atoms with Gasteiger partial charge < -0.3 is 23.5 Å². The number of hydrogen-bond acceptors (Lipinski definition) is 6. The molecule has 1 aliphatic heterocycles. The summed E-state index contributed by atoms with van der Waals surface area (Å²) in [6, 6.07) is 13.1. The molecule has 3 aromatic rings. The molecule has 8 heteroatoms. The molecule has 2 amide bonds. The van der Waals surface area contributed by atoms with E-state index in [0.717, 1.165) is 37.0 Å². The fraction of sp³-hybridized carbons (Fsp3) is 0.400. The van der Waals surface area contributed by atoms with Crippen molar-refractivity contribution in [2.75, 3.05) is 13.6 Å². The van der Waals surface area contributed by atoms with Gasteiger partial charge in [-0.1, -0.05) is 23.4 Å². The highest BCUT2D eigenvalue weighted by Gasteiger charge is 2.43. The molecule has 1 saturated carbocycles. The zero-order valence-electron chi connectivity index (χ0n) is 18.8. The van der Waals surface area contributed by atoms with Gasteiger partial charge >= 0.3 is 0 Å². The molecule has 0 atom stereocenters. The zero-order valence-corrected chi connectivity index (χ0v) is 18.8. The maximum absolute atomic E-state index is 13.0. The van der Waals surface area contributed by atoms with E-state index in [9.17, 15) is 9.59 Å². The number of fused-ring (bicyclic) bond motifs is 1. The van der Waals surface area contributed by atoms with Crippen molar-refractivity contribution in [1.29, 1.82) is 0 Å². The van der Waals surface area contributed by atoms with Gasteiger partial charge in [-0.05, 0) is 43.9 Å². The first-order valence-corrected chi connectivity index (χ1v) is 11.2. The number of benzene rings is 1. The minimum atomic E-state index is -0.445. The van der Waals surface area contributed by atoms with Crippen LogP contribution in [0.15, 0.2) is 57.7 Å². The Hall–Kier alpha value is -3.55. The third-order valence-electron chi connectivity index (χ3n) is 6.81. The van der Waals surface area contributed by atoms with Crippen molar-refractivity contribution in [3.63, 3.8) is 0 Å². The molecule has 0 radical (unpaired) electrons. The van der Waals surface area contributed by atoms with Crippen molar-refractivity contribution in [2.24, 2.45) is 0 Å². The Kier molecular flexibility index (Phi) is 5.44. The van der Waals surface area contributed by atoms with Crippen LogP contribution in [0.5, 0.6) is 5.75 Å². The maximum atomic E-state index is 13.0. The quantitative estimate of drug-likeness (QED) is 0.597. The van der Waals surface area contributed by atoms with Crippen molar-refractivity contribution in [3.05, 3.63) is 60.0 Å². The summed E-state index contributed by atoms with van der Waals surface area (Å²) >= 11 is 0. The molecule has 0 unspecified atom stereocenters. The van der Waals surface area contributed by atoms with Crippen LogP contribution in [-0.2, 0) is 11.3 Å². The molecule has 172 valence electrons. The summed E-state index contributed by atoms with van der Waals surface area (Å²) < 4.78 is 17.2. The summed E-state index contributed by atoms with van der Waals surface area (Å²) in [6.45, 7) is 2.71. The molecule has 0 N–H and O–H groups in total. The SMILES string of the molecule is CC(=O)N1Cc2ccccc2OC2(CCC(N(C)C(=O)c3cc(-c4ccco4)on3)CC2)C1. The number of ether oxygens (including phenoxy) is 1. The van der Waals surface area contributed by atoms with Gasteiger partial charge in [0.1, 0.15) is 11.4 Å². The van der Waals surface area contributed by atoms with E-state index in [1.807, 2.05) is 29.2 Å². The fourth-order valence-corrected chi connectivity index (χ4v) is 4.87. The normalized spacial score (nSPS) is 22.4. The number of carbonyl (C=O) groups excluding carboxylic acids is 2. The summed E-state index contributed by atoms with van der Waals surface area (Å²) in [6.07, 6.45) is 4.61. The van der Waals surface area contributed by atoms with Crippen LogP contribution >= 0.6 is 0 Å². The summed E-state index contributed by atoms with van der Waals surface area (Å²) in [5.74, 6) is 1.66. The highest BCUT2D eigenvalue weighted by molar-refractivity contribution is 5.93. The van der Waals surface area contributed by atoms with E-state index in [0.29, 0.717) is 24.6 Å². The summed E-state index contributed by atoms with van der Waals surface area (Å²) in [4.78, 5) is 28.9. The Morgan fingerprint density at radius 1 is 1.12 bits per heavy atom. The van der Waals surface area contributed by atoms with Crippen LogP contribution in [-0.4, -0.2) is 52.0 Å². The fourth-order valence-electron chi connectivity index (χ4n) is 4.87. The van der Waals surface area contributed by atoms with E-state index in [1.165, 1.54) is 0 Å². The topological polar surface area (TPSA) is 89.0 Å². The summed E-state index contributed by atoms with van der Waals surface area (Å²) in [5.41, 5.74) is 0.836. The van der Waals surface area contributed by atoms with E-state index in [4.69, 9.17) is 13.7 Å². The molecule has 1 aromatic carbocycles. The second-order valence-electron chi connectivity index (χ2n) is 8.97. The predicted octanol–water partition coefficient (Wildman–Crippen LogP) is 4.13. The summed E-state index contributed by atoms with van der Waals surface area (Å²) in [5, 5.41) is 3.94. The third-order valence-corrected chi connectivity index (χ3v) is 6.81. The molecular formula is C25H27N3O5. The van der Waals surface area contributed by atoms with Crippen molar-refractivity contribution >= 4 is 11.8 Å². The van der Waals surface area contributed by atoms with Crippen LogP contribution in [0.3, 0.4) is 0 Å². The number of amides is 2. The summed E-state index contributed by atoms with van der Waals surface area (Å²) in [7, 11) is 1.80. The van der Waals surface area contributed by atoms with Crippen LogP contribution in [0.25, 0.3) is 11.5 Å². The third kappa shape index (κ3) is 4.13. The average molecular weight is 450 g/mol. The van der Waals surface area contributed by atoms with Gasteiger partial charge in [0.25, 0.3) is 5.91 Å². The number of aromatic nitrogens is 1. The Labute approximate surface area is 192 Å². The Morgan fingerprint density at radius 2 is 1.91 bits per heavy atom. The minimum Gasteiger partial charge on any atom is -0.485 e. The van der Waals surface area contributed by atoms with Gasteiger partial charge in [0.05, 0.1) is 12.8 Å². The molecule has 3 heterocycles. The molecule has 1 aliphatic carbocycles. The number of para-hydroxylation sites is 1. The molecule has 1 fully saturated rings. The largest absolute Gasteiger partial charge is 0.485 e. The van der Waals surface area contributed by atoms with Gasteiger partial charge in [-0.3, -0.25) is 9.59 Å². The van der Waals surface area contributed by atoms with Gasteiger partial charge in [-0.15, -0.1) is 0 Å². The van der Waals surface area contributed by atoms with Gasteiger partial charge in [-0.2, -0.15) is 0 Å². The van der Waals surface area contributed by atoms with Crippen LogP contribution in [0.2, 0.25) is 0 Å². The van der Waals surface area contributed by atoms with Gasteiger partial charge in [0.2, 0.25) is 11.7 Å². The van der Waals surface area contributed by atoms with E-state index in [2.05, 4.69) is 5.16 Å². The maximum Gasteiger partial charge on any atom is 0.276 e. The lowest BCUT2D eigenvalue weighted by atomic mass is 9.81. The molecule has 5 rings (SSSR count). The average Bonchev–Trinajstić information content (AvgIpc) is 3.49. The number of furan rings is 1.